The zero-order chi connectivity index (χ0) is 26.1. The highest BCUT2D eigenvalue weighted by Crippen LogP contribution is 2.42. The molecule has 37 heavy (non-hydrogen) atoms. The van der Waals surface area contributed by atoms with Crippen LogP contribution in [0.25, 0.3) is 0 Å². The van der Waals surface area contributed by atoms with Crippen molar-refractivity contribution in [1.29, 1.82) is 0 Å². The number of fused-ring (bicyclic) bond motifs is 1. The van der Waals surface area contributed by atoms with Crippen LogP contribution in [0.4, 0.5) is 5.82 Å². The van der Waals surface area contributed by atoms with Crippen LogP contribution in [-0.4, -0.2) is 88.5 Å². The predicted molar refractivity (Wildman–Crippen MR) is 142 cm³/mol. The minimum atomic E-state index is -0.537. The van der Waals surface area contributed by atoms with Gasteiger partial charge in [-0.05, 0) is 36.5 Å². The number of likely N-dealkylation sites (tertiary alicyclic amines) is 1. The molecule has 0 saturated carbocycles. The average molecular weight is 527 g/mol. The third-order valence-corrected chi connectivity index (χ3v) is 8.24. The lowest BCUT2D eigenvalue weighted by molar-refractivity contribution is -0.133. The normalized spacial score (nSPS) is 24.3. The van der Waals surface area contributed by atoms with Crippen molar-refractivity contribution in [3.8, 4) is 0 Å². The van der Waals surface area contributed by atoms with Crippen LogP contribution >= 0.6 is 11.6 Å². The van der Waals surface area contributed by atoms with Crippen molar-refractivity contribution in [2.75, 3.05) is 50.7 Å². The first-order valence-corrected chi connectivity index (χ1v) is 13.5. The summed E-state index contributed by atoms with van der Waals surface area (Å²) in [5, 5.41) is 14.5. The summed E-state index contributed by atoms with van der Waals surface area (Å²) in [6.07, 6.45) is 2.55. The van der Waals surface area contributed by atoms with Crippen LogP contribution in [0.15, 0.2) is 30.6 Å². The summed E-state index contributed by atoms with van der Waals surface area (Å²) in [6.45, 7) is 8.17. The van der Waals surface area contributed by atoms with Crippen molar-refractivity contribution in [3.63, 3.8) is 0 Å². The Bertz CT molecular complexity index is 1140. The van der Waals surface area contributed by atoms with Crippen molar-refractivity contribution >= 4 is 29.2 Å². The second-order valence-electron chi connectivity index (χ2n) is 10.4. The highest BCUT2D eigenvalue weighted by atomic mass is 35.5. The van der Waals surface area contributed by atoms with Gasteiger partial charge in [-0.1, -0.05) is 30.7 Å². The molecule has 2 saturated heterocycles. The summed E-state index contributed by atoms with van der Waals surface area (Å²) in [5.74, 6) is 0.927. The number of anilines is 1. The van der Waals surface area contributed by atoms with Crippen LogP contribution in [0.2, 0.25) is 5.02 Å². The van der Waals surface area contributed by atoms with Crippen molar-refractivity contribution in [2.24, 2.45) is 0 Å². The van der Waals surface area contributed by atoms with E-state index in [0.29, 0.717) is 50.7 Å². The first kappa shape index (κ1) is 25.9. The van der Waals surface area contributed by atoms with Gasteiger partial charge in [-0.25, -0.2) is 9.97 Å². The number of aliphatic hydroxyl groups excluding tert-OH is 1. The summed E-state index contributed by atoms with van der Waals surface area (Å²) in [5.41, 5.74) is 2.71. The first-order chi connectivity index (χ1) is 17.8. The molecule has 2 aromatic rings. The van der Waals surface area contributed by atoms with Gasteiger partial charge in [0.15, 0.2) is 0 Å². The van der Waals surface area contributed by atoms with Crippen LogP contribution in [-0.2, 0) is 9.59 Å². The molecule has 1 aromatic heterocycles. The number of nitrogens with zero attached hydrogens (tertiary/aromatic N) is 5. The number of benzene rings is 1. The number of halogens is 1. The lowest BCUT2D eigenvalue weighted by Gasteiger charge is -2.38. The first-order valence-electron chi connectivity index (χ1n) is 13.1. The number of carbonyl (C=O) groups is 2. The molecule has 1 aromatic carbocycles. The summed E-state index contributed by atoms with van der Waals surface area (Å²) in [4.78, 5) is 40.4. The van der Waals surface area contributed by atoms with Crippen molar-refractivity contribution in [3.05, 3.63) is 52.4 Å². The van der Waals surface area contributed by atoms with E-state index in [2.05, 4.69) is 27.1 Å². The maximum absolute atomic E-state index is 13.8. The quantitative estimate of drug-likeness (QED) is 0.595. The molecule has 4 atom stereocenters. The number of amides is 2. The lowest BCUT2D eigenvalue weighted by Crippen LogP contribution is -2.51. The number of rotatable bonds is 6. The van der Waals surface area contributed by atoms with Crippen LogP contribution in [0.3, 0.4) is 0 Å². The minimum Gasteiger partial charge on any atom is -0.387 e. The average Bonchev–Trinajstić information content (AvgIpc) is 3.49. The monoisotopic (exact) mass is 526 g/mol. The molecule has 2 fully saturated rings. The summed E-state index contributed by atoms with van der Waals surface area (Å²) in [6, 6.07) is 7.69. The number of aromatic nitrogens is 2. The van der Waals surface area contributed by atoms with Gasteiger partial charge in [0.25, 0.3) is 0 Å². The fraction of sp³-hybridized carbons (Fsp3) is 0.556. The largest absolute Gasteiger partial charge is 0.387 e. The molecule has 2 amide bonds. The second kappa shape index (κ2) is 10.9. The van der Waals surface area contributed by atoms with E-state index in [1.807, 2.05) is 34.1 Å². The third kappa shape index (κ3) is 5.44. The Hall–Kier alpha value is -2.75. The Morgan fingerprint density at radius 2 is 1.84 bits per heavy atom. The Balaban J connectivity index is 1.26. The van der Waals surface area contributed by atoms with E-state index in [4.69, 9.17) is 11.6 Å². The summed E-state index contributed by atoms with van der Waals surface area (Å²) >= 11 is 6.12. The Morgan fingerprint density at radius 1 is 1.11 bits per heavy atom. The topological polar surface area (TPSA) is 102 Å². The molecule has 3 aliphatic rings. The van der Waals surface area contributed by atoms with Gasteiger partial charge in [0.2, 0.25) is 11.8 Å². The van der Waals surface area contributed by atoms with Gasteiger partial charge in [-0.15, -0.1) is 0 Å². The fourth-order valence-electron chi connectivity index (χ4n) is 5.85. The highest BCUT2D eigenvalue weighted by molar-refractivity contribution is 6.30. The molecule has 2 aliphatic heterocycles. The van der Waals surface area contributed by atoms with Crippen molar-refractivity contribution in [1.82, 2.24) is 25.1 Å². The zero-order valence-corrected chi connectivity index (χ0v) is 22.2. The molecule has 0 radical (unpaired) electrons. The standard InChI is InChI=1S/C27H35ClN6O3/c1-17-13-23(36)25-24(17)26(31-16-30-25)32-9-11-33(12-10-32)27(37)22(19-3-5-20(28)6-4-19)14-29-21-7-8-34(15-21)18(2)35/h3-6,16-17,21-23,29,36H,7-15H2,1-2H3/t17-,21+,22?,23-/m1/s1. The number of carbonyl (C=O) groups excluding carboxylic acids is 2. The molecule has 9 nitrogen and oxygen atoms in total. The molecular formula is C27H35ClN6O3. The van der Waals surface area contributed by atoms with Crippen LogP contribution in [0.5, 0.6) is 0 Å². The number of piperazine rings is 1. The van der Waals surface area contributed by atoms with E-state index in [0.717, 1.165) is 35.6 Å². The molecule has 3 heterocycles. The van der Waals surface area contributed by atoms with E-state index in [1.165, 1.54) is 6.33 Å². The van der Waals surface area contributed by atoms with Crippen LogP contribution in [0, 0.1) is 0 Å². The number of hydrogen-bond donors (Lipinski definition) is 2. The van der Waals surface area contributed by atoms with E-state index >= 15 is 0 Å². The minimum absolute atomic E-state index is 0.0886. The van der Waals surface area contributed by atoms with Gasteiger partial charge < -0.3 is 25.1 Å². The van der Waals surface area contributed by atoms with E-state index in [-0.39, 0.29) is 29.7 Å². The summed E-state index contributed by atoms with van der Waals surface area (Å²) in [7, 11) is 0. The molecule has 198 valence electrons. The number of aliphatic hydroxyl groups is 1. The summed E-state index contributed by atoms with van der Waals surface area (Å²) < 4.78 is 0. The SMILES string of the molecule is CC(=O)N1CC[C@H](NCC(C(=O)N2CCN(c3ncnc4c3[C@H](C)C[C@H]4O)CC2)c2ccc(Cl)cc2)C1. The molecule has 0 bridgehead atoms. The van der Waals surface area contributed by atoms with E-state index in [1.54, 1.807) is 6.92 Å². The van der Waals surface area contributed by atoms with Crippen molar-refractivity contribution < 1.29 is 14.7 Å². The van der Waals surface area contributed by atoms with Crippen molar-refractivity contribution in [2.45, 2.75) is 50.7 Å². The van der Waals surface area contributed by atoms with Gasteiger partial charge in [-0.2, -0.15) is 0 Å². The maximum Gasteiger partial charge on any atom is 0.231 e. The molecule has 1 aliphatic carbocycles. The zero-order valence-electron chi connectivity index (χ0n) is 21.4. The Morgan fingerprint density at radius 3 is 2.51 bits per heavy atom. The molecule has 10 heteroatoms. The molecule has 1 unspecified atom stereocenters. The highest BCUT2D eigenvalue weighted by Gasteiger charge is 2.35. The maximum atomic E-state index is 13.8. The van der Waals surface area contributed by atoms with Gasteiger partial charge in [0, 0.05) is 69.4 Å². The smallest absolute Gasteiger partial charge is 0.231 e. The van der Waals surface area contributed by atoms with Gasteiger partial charge in [-0.3, -0.25) is 9.59 Å². The Labute approximate surface area is 222 Å². The van der Waals surface area contributed by atoms with Crippen LogP contribution < -0.4 is 10.2 Å². The Kier molecular flexibility index (Phi) is 7.65. The number of nitrogens with one attached hydrogen (secondary N) is 1. The number of hydrogen-bond acceptors (Lipinski definition) is 7. The predicted octanol–water partition coefficient (Wildman–Crippen LogP) is 2.31. The molecule has 0 spiro atoms. The van der Waals surface area contributed by atoms with Gasteiger partial charge in [0.1, 0.15) is 12.1 Å². The van der Waals surface area contributed by atoms with Gasteiger partial charge >= 0.3 is 0 Å². The second-order valence-corrected chi connectivity index (χ2v) is 10.9. The van der Waals surface area contributed by atoms with Crippen LogP contribution in [0.1, 0.15) is 61.4 Å². The van der Waals surface area contributed by atoms with E-state index in [9.17, 15) is 14.7 Å². The third-order valence-electron chi connectivity index (χ3n) is 7.98. The van der Waals surface area contributed by atoms with Gasteiger partial charge in [0.05, 0.1) is 17.7 Å². The molecule has 2 N–H and O–H groups in total. The van der Waals surface area contributed by atoms with E-state index < -0.39 is 6.10 Å². The molecule has 5 rings (SSSR count). The lowest BCUT2D eigenvalue weighted by atomic mass is 9.96. The fourth-order valence-corrected chi connectivity index (χ4v) is 5.98. The molecular weight excluding hydrogens is 492 g/mol.